The van der Waals surface area contributed by atoms with Crippen LogP contribution >= 0.6 is 0 Å². The zero-order valence-corrected chi connectivity index (χ0v) is 19.7. The van der Waals surface area contributed by atoms with Gasteiger partial charge in [0.05, 0.1) is 57.9 Å². The van der Waals surface area contributed by atoms with E-state index in [2.05, 4.69) is 14.8 Å². The molecule has 0 fully saturated rings. The summed E-state index contributed by atoms with van der Waals surface area (Å²) in [4.78, 5) is 11.2. The van der Waals surface area contributed by atoms with E-state index in [0.717, 1.165) is 5.41 Å². The summed E-state index contributed by atoms with van der Waals surface area (Å²) in [7, 11) is 3.23. The zero-order chi connectivity index (χ0) is 24.4. The molecule has 0 aliphatic rings. The van der Waals surface area contributed by atoms with Crippen LogP contribution in [0.2, 0.25) is 0 Å². The summed E-state index contributed by atoms with van der Waals surface area (Å²) >= 11 is 0. The Hall–Kier alpha value is -3.86. The van der Waals surface area contributed by atoms with E-state index < -0.39 is 16.0 Å². The first kappa shape index (κ1) is 25.4. The van der Waals surface area contributed by atoms with Crippen molar-refractivity contribution in [3.05, 3.63) is 53.6 Å². The third-order valence-corrected chi connectivity index (χ3v) is 5.30. The minimum absolute atomic E-state index is 0.267. The maximum atomic E-state index is 12.7. The third-order valence-electron chi connectivity index (χ3n) is 4.29. The fourth-order valence-electron chi connectivity index (χ4n) is 2.70. The van der Waals surface area contributed by atoms with Crippen molar-refractivity contribution < 1.29 is 36.9 Å². The van der Waals surface area contributed by atoms with Crippen molar-refractivity contribution in [1.29, 1.82) is 0 Å². The summed E-state index contributed by atoms with van der Waals surface area (Å²) in [6.45, 7) is 0. The molecule has 0 saturated carbocycles. The van der Waals surface area contributed by atoms with E-state index >= 15 is 0 Å². The van der Waals surface area contributed by atoms with Gasteiger partial charge in [0.15, 0.2) is 0 Å². The molecule has 2 aromatic rings. The number of hydrogen-bond donors (Lipinski definition) is 2. The topological polar surface area (TPSA) is 121 Å². The number of methoxy groups -OCH3 is 5. The second kappa shape index (κ2) is 11.7. The van der Waals surface area contributed by atoms with E-state index in [1.807, 2.05) is 0 Å². The maximum Gasteiger partial charge on any atom is 0.331 e. The van der Waals surface area contributed by atoms with Crippen molar-refractivity contribution in [2.75, 3.05) is 45.6 Å². The van der Waals surface area contributed by atoms with Gasteiger partial charge in [0.25, 0.3) is 10.0 Å². The number of rotatable bonds is 11. The summed E-state index contributed by atoms with van der Waals surface area (Å²) < 4.78 is 53.4. The van der Waals surface area contributed by atoms with Gasteiger partial charge in [-0.1, -0.05) is 0 Å². The van der Waals surface area contributed by atoms with Crippen LogP contribution in [0.1, 0.15) is 5.56 Å². The third kappa shape index (κ3) is 7.07. The Balaban J connectivity index is 2.29. The number of carbonyl (C=O) groups excluding carboxylic acids is 1. The van der Waals surface area contributed by atoms with Crippen molar-refractivity contribution in [1.82, 2.24) is 0 Å². The van der Waals surface area contributed by atoms with Crippen molar-refractivity contribution in [3.63, 3.8) is 0 Å². The molecule has 2 aromatic carbocycles. The predicted octanol–water partition coefficient (Wildman–Crippen LogP) is 3.23. The highest BCUT2D eigenvalue weighted by Gasteiger charge is 2.14. The average Bonchev–Trinajstić information content (AvgIpc) is 2.81. The Bertz CT molecular complexity index is 1120. The highest BCUT2D eigenvalue weighted by molar-refractivity contribution is 7.95. The predicted molar refractivity (Wildman–Crippen MR) is 125 cm³/mol. The molecule has 0 aromatic heterocycles. The number of nitrogens with one attached hydrogen (secondary N) is 2. The molecule has 0 bridgehead atoms. The maximum absolute atomic E-state index is 12.7. The number of anilines is 2. The molecule has 0 heterocycles. The van der Waals surface area contributed by atoms with Crippen LogP contribution in [0.25, 0.3) is 6.08 Å². The van der Waals surface area contributed by atoms with Gasteiger partial charge in [0, 0.05) is 24.4 Å². The fourth-order valence-corrected chi connectivity index (χ4v) is 3.54. The Morgan fingerprint density at radius 3 is 2.06 bits per heavy atom. The van der Waals surface area contributed by atoms with Crippen LogP contribution in [0.3, 0.4) is 0 Å². The van der Waals surface area contributed by atoms with Crippen molar-refractivity contribution in [2.45, 2.75) is 0 Å². The summed E-state index contributed by atoms with van der Waals surface area (Å²) in [5.41, 5.74) is 1.12. The van der Waals surface area contributed by atoms with E-state index in [4.69, 9.17) is 18.9 Å². The smallest absolute Gasteiger partial charge is 0.331 e. The lowest BCUT2D eigenvalue weighted by Crippen LogP contribution is -2.09. The van der Waals surface area contributed by atoms with Crippen molar-refractivity contribution in [3.8, 4) is 23.0 Å². The van der Waals surface area contributed by atoms with Crippen LogP contribution < -0.4 is 29.0 Å². The molecular weight excluding hydrogens is 452 g/mol. The molecule has 0 atom stereocenters. The Labute approximate surface area is 192 Å². The summed E-state index contributed by atoms with van der Waals surface area (Å²) in [6.07, 6.45) is 3.89. The van der Waals surface area contributed by atoms with E-state index in [1.165, 1.54) is 66.0 Å². The molecule has 0 saturated heterocycles. The molecule has 0 aliphatic heterocycles. The molecule has 0 unspecified atom stereocenters. The van der Waals surface area contributed by atoms with E-state index in [1.54, 1.807) is 18.2 Å². The van der Waals surface area contributed by atoms with Crippen molar-refractivity contribution in [2.24, 2.45) is 0 Å². The molecule has 0 amide bonds. The quantitative estimate of drug-likeness (QED) is 0.370. The molecule has 33 heavy (non-hydrogen) atoms. The lowest BCUT2D eigenvalue weighted by atomic mass is 10.1. The lowest BCUT2D eigenvalue weighted by molar-refractivity contribution is -0.134. The van der Waals surface area contributed by atoms with Crippen LogP contribution in [-0.2, 0) is 19.6 Å². The first-order valence-corrected chi connectivity index (χ1v) is 11.0. The Kier molecular flexibility index (Phi) is 8.98. The van der Waals surface area contributed by atoms with E-state index in [-0.39, 0.29) is 5.69 Å². The molecule has 2 rings (SSSR count). The zero-order valence-electron chi connectivity index (χ0n) is 18.9. The summed E-state index contributed by atoms with van der Waals surface area (Å²) in [5.74, 6) is 1.15. The highest BCUT2D eigenvalue weighted by atomic mass is 32.2. The molecule has 0 radical (unpaired) electrons. The number of esters is 1. The monoisotopic (exact) mass is 478 g/mol. The molecule has 0 aliphatic carbocycles. The fraction of sp³-hybridized carbons (Fsp3) is 0.227. The van der Waals surface area contributed by atoms with Crippen LogP contribution in [0.4, 0.5) is 11.4 Å². The standard InChI is InChI=1S/C22H26N2O8S/c1-28-16-13-20(30-3)17(21(14-16)31-4)9-11-33(26,27)24-15-6-7-19(29-2)18(12-15)23-10-8-22(25)32-5/h6-14,23-24H,1-5H3/b10-8-,11-9+. The molecular formula is C22H26N2O8S. The van der Waals surface area contributed by atoms with Gasteiger partial charge in [0.2, 0.25) is 0 Å². The van der Waals surface area contributed by atoms with E-state index in [0.29, 0.717) is 34.2 Å². The average molecular weight is 479 g/mol. The van der Waals surface area contributed by atoms with Gasteiger partial charge in [-0.3, -0.25) is 4.72 Å². The van der Waals surface area contributed by atoms with Gasteiger partial charge < -0.3 is 29.0 Å². The Morgan fingerprint density at radius 1 is 0.879 bits per heavy atom. The first-order chi connectivity index (χ1) is 15.8. The van der Waals surface area contributed by atoms with Gasteiger partial charge in [-0.25, -0.2) is 13.2 Å². The van der Waals surface area contributed by atoms with Gasteiger partial charge >= 0.3 is 5.97 Å². The minimum atomic E-state index is -3.91. The molecule has 10 nitrogen and oxygen atoms in total. The number of benzene rings is 2. The van der Waals surface area contributed by atoms with E-state index in [9.17, 15) is 13.2 Å². The van der Waals surface area contributed by atoms with Crippen molar-refractivity contribution >= 4 is 33.4 Å². The van der Waals surface area contributed by atoms with Gasteiger partial charge in [-0.2, -0.15) is 0 Å². The molecule has 0 spiro atoms. The summed E-state index contributed by atoms with van der Waals surface area (Å²) in [5, 5.41) is 3.84. The van der Waals surface area contributed by atoms with Crippen LogP contribution in [0.5, 0.6) is 23.0 Å². The Morgan fingerprint density at radius 2 is 1.52 bits per heavy atom. The first-order valence-electron chi connectivity index (χ1n) is 9.46. The van der Waals surface area contributed by atoms with Crippen LogP contribution in [0.15, 0.2) is 48.0 Å². The SMILES string of the molecule is COC(=O)/C=C\Nc1cc(NS(=O)(=O)/C=C/c2c(OC)cc(OC)cc2OC)ccc1OC. The molecule has 2 N–H and O–H groups in total. The number of ether oxygens (including phenoxy) is 5. The van der Waals surface area contributed by atoms with Gasteiger partial charge in [-0.15, -0.1) is 0 Å². The number of hydrogen-bond acceptors (Lipinski definition) is 9. The minimum Gasteiger partial charge on any atom is -0.496 e. The second-order valence-corrected chi connectivity index (χ2v) is 7.88. The summed E-state index contributed by atoms with van der Waals surface area (Å²) in [6, 6.07) is 7.86. The normalized spacial score (nSPS) is 11.3. The molecule has 178 valence electrons. The number of carbonyl (C=O) groups is 1. The molecule has 11 heteroatoms. The lowest BCUT2D eigenvalue weighted by Gasteiger charge is -2.13. The van der Waals surface area contributed by atoms with Crippen LogP contribution in [0, 0.1) is 0 Å². The number of sulfonamides is 1. The van der Waals surface area contributed by atoms with Gasteiger partial charge in [0.1, 0.15) is 23.0 Å². The second-order valence-electron chi connectivity index (χ2n) is 6.31. The van der Waals surface area contributed by atoms with Crippen LogP contribution in [-0.4, -0.2) is 49.9 Å². The van der Waals surface area contributed by atoms with Gasteiger partial charge in [-0.05, 0) is 24.3 Å². The highest BCUT2D eigenvalue weighted by Crippen LogP contribution is 2.35. The largest absolute Gasteiger partial charge is 0.496 e.